The lowest BCUT2D eigenvalue weighted by Gasteiger charge is -2.09. The maximum atomic E-state index is 5.90. The largest absolute Gasteiger partial charge is 0.404 e. The molecule has 7 nitrogen and oxygen atoms in total. The van der Waals surface area contributed by atoms with Gasteiger partial charge in [-0.2, -0.15) is 5.10 Å². The van der Waals surface area contributed by atoms with Crippen LogP contribution < -0.4 is 11.1 Å². The van der Waals surface area contributed by atoms with E-state index in [0.717, 1.165) is 47.1 Å². The Bertz CT molecular complexity index is 1300. The van der Waals surface area contributed by atoms with Gasteiger partial charge in [0.25, 0.3) is 0 Å². The van der Waals surface area contributed by atoms with E-state index in [0.29, 0.717) is 17.6 Å². The molecule has 0 aliphatic rings. The van der Waals surface area contributed by atoms with Crippen LogP contribution in [0.4, 0.5) is 11.6 Å². The Morgan fingerprint density at radius 1 is 1.03 bits per heavy atom. The third-order valence-electron chi connectivity index (χ3n) is 5.47. The van der Waals surface area contributed by atoms with Crippen LogP contribution in [0.2, 0.25) is 0 Å². The number of pyridine rings is 2. The quantitative estimate of drug-likeness (QED) is 0.265. The van der Waals surface area contributed by atoms with Gasteiger partial charge >= 0.3 is 0 Å². The summed E-state index contributed by atoms with van der Waals surface area (Å²) in [6.45, 7) is 4.98. The molecule has 0 saturated carbocycles. The van der Waals surface area contributed by atoms with E-state index < -0.39 is 0 Å². The van der Waals surface area contributed by atoms with Gasteiger partial charge in [0.15, 0.2) is 5.82 Å². The zero-order chi connectivity index (χ0) is 23.8. The number of fused-ring (bicyclic) bond motifs is 1. The van der Waals surface area contributed by atoms with E-state index in [1.165, 1.54) is 5.56 Å². The summed E-state index contributed by atoms with van der Waals surface area (Å²) >= 11 is 0. The highest BCUT2D eigenvalue weighted by Crippen LogP contribution is 2.21. The Balaban J connectivity index is 1.45. The van der Waals surface area contributed by atoms with Gasteiger partial charge in [-0.15, -0.1) is 5.10 Å². The SMILES string of the molecule is CC(C)c1cnnc(Nc2ccc3ncc(C(C=NCCCc4ccccc4)=CN)cc3n2)c1. The lowest BCUT2D eigenvalue weighted by Crippen LogP contribution is -2.00. The number of allylic oxidation sites excluding steroid dienone is 1. The van der Waals surface area contributed by atoms with Crippen molar-refractivity contribution in [2.45, 2.75) is 32.6 Å². The summed E-state index contributed by atoms with van der Waals surface area (Å²) in [6, 6.07) is 18.2. The van der Waals surface area contributed by atoms with Crippen molar-refractivity contribution in [3.05, 3.63) is 89.9 Å². The summed E-state index contributed by atoms with van der Waals surface area (Å²) in [6.07, 6.45) is 8.92. The summed E-state index contributed by atoms with van der Waals surface area (Å²) in [5.41, 5.74) is 11.6. The summed E-state index contributed by atoms with van der Waals surface area (Å²) in [5.74, 6) is 1.70. The zero-order valence-corrected chi connectivity index (χ0v) is 19.5. The first-order valence-corrected chi connectivity index (χ1v) is 11.4. The number of benzene rings is 1. The Hall–Kier alpha value is -4.13. The van der Waals surface area contributed by atoms with Crippen LogP contribution in [0.3, 0.4) is 0 Å². The van der Waals surface area contributed by atoms with Crippen molar-refractivity contribution in [3.8, 4) is 0 Å². The van der Waals surface area contributed by atoms with E-state index in [4.69, 9.17) is 10.7 Å². The van der Waals surface area contributed by atoms with E-state index in [1.807, 2.05) is 36.5 Å². The number of hydrogen-bond acceptors (Lipinski definition) is 7. The second kappa shape index (κ2) is 11.1. The highest BCUT2D eigenvalue weighted by molar-refractivity contribution is 6.10. The number of rotatable bonds is 9. The van der Waals surface area contributed by atoms with Gasteiger partial charge in [-0.05, 0) is 54.2 Å². The van der Waals surface area contributed by atoms with Gasteiger partial charge in [0.05, 0.1) is 17.2 Å². The molecule has 172 valence electrons. The van der Waals surface area contributed by atoms with Gasteiger partial charge in [-0.1, -0.05) is 44.2 Å². The molecule has 4 rings (SSSR count). The van der Waals surface area contributed by atoms with Crippen LogP contribution in [0.1, 0.15) is 42.9 Å². The molecule has 0 aliphatic heterocycles. The number of anilines is 2. The van der Waals surface area contributed by atoms with E-state index in [2.05, 4.69) is 63.6 Å². The van der Waals surface area contributed by atoms with Crippen molar-refractivity contribution in [1.29, 1.82) is 0 Å². The van der Waals surface area contributed by atoms with E-state index in [-0.39, 0.29) is 0 Å². The van der Waals surface area contributed by atoms with Crippen LogP contribution in [-0.2, 0) is 6.42 Å². The van der Waals surface area contributed by atoms with Crippen molar-refractivity contribution < 1.29 is 0 Å². The Morgan fingerprint density at radius 2 is 1.88 bits per heavy atom. The van der Waals surface area contributed by atoms with Gasteiger partial charge in [0.1, 0.15) is 5.82 Å². The fourth-order valence-corrected chi connectivity index (χ4v) is 3.52. The second-order valence-electron chi connectivity index (χ2n) is 8.36. The molecule has 3 heterocycles. The molecule has 0 amide bonds. The molecule has 0 unspecified atom stereocenters. The summed E-state index contributed by atoms with van der Waals surface area (Å²) < 4.78 is 0. The van der Waals surface area contributed by atoms with E-state index in [9.17, 15) is 0 Å². The third-order valence-corrected chi connectivity index (χ3v) is 5.47. The monoisotopic (exact) mass is 451 g/mol. The number of hydrogen-bond donors (Lipinski definition) is 2. The average molecular weight is 452 g/mol. The molecule has 7 heteroatoms. The number of aryl methyl sites for hydroxylation is 1. The molecule has 3 N–H and O–H groups in total. The summed E-state index contributed by atoms with van der Waals surface area (Å²) in [7, 11) is 0. The van der Waals surface area contributed by atoms with Crippen LogP contribution in [0.5, 0.6) is 0 Å². The minimum atomic E-state index is 0.369. The van der Waals surface area contributed by atoms with Crippen molar-refractivity contribution in [3.63, 3.8) is 0 Å². The summed E-state index contributed by atoms with van der Waals surface area (Å²) in [5, 5.41) is 11.5. The van der Waals surface area contributed by atoms with Crippen LogP contribution in [0.25, 0.3) is 16.6 Å². The van der Waals surface area contributed by atoms with Gasteiger partial charge in [-0.3, -0.25) is 9.98 Å². The fraction of sp³-hybridized carbons (Fsp3) is 0.222. The van der Waals surface area contributed by atoms with Crippen LogP contribution in [-0.4, -0.2) is 32.9 Å². The van der Waals surface area contributed by atoms with Crippen molar-refractivity contribution in [2.75, 3.05) is 11.9 Å². The number of aromatic nitrogens is 4. The molecule has 0 saturated heterocycles. The van der Waals surface area contributed by atoms with E-state index in [1.54, 1.807) is 18.6 Å². The molecular formula is C27H29N7. The first kappa shape index (κ1) is 23.0. The Morgan fingerprint density at radius 3 is 2.68 bits per heavy atom. The zero-order valence-electron chi connectivity index (χ0n) is 19.5. The van der Waals surface area contributed by atoms with Gasteiger partial charge < -0.3 is 11.1 Å². The molecule has 3 aromatic heterocycles. The van der Waals surface area contributed by atoms with Gasteiger partial charge in [0, 0.05) is 36.3 Å². The molecule has 0 atom stereocenters. The van der Waals surface area contributed by atoms with E-state index >= 15 is 0 Å². The Labute approximate surface area is 199 Å². The molecule has 34 heavy (non-hydrogen) atoms. The molecule has 0 fully saturated rings. The molecule has 1 aromatic carbocycles. The highest BCUT2D eigenvalue weighted by atomic mass is 15.2. The maximum Gasteiger partial charge on any atom is 0.154 e. The smallest absolute Gasteiger partial charge is 0.154 e. The second-order valence-corrected chi connectivity index (χ2v) is 8.36. The highest BCUT2D eigenvalue weighted by Gasteiger charge is 2.07. The van der Waals surface area contributed by atoms with Gasteiger partial charge in [-0.25, -0.2) is 4.98 Å². The standard InChI is InChI=1S/C27H29N7/c1-19(2)21-14-27(34-31-18-21)33-26-11-10-24-25(32-26)13-22(17-30-24)23(15-28)16-29-12-6-9-20-7-4-3-5-8-20/h3-5,7-8,10-11,13-19H,6,9,12,28H2,1-2H3,(H,32,33,34). The minimum absolute atomic E-state index is 0.369. The molecule has 0 spiro atoms. The lowest BCUT2D eigenvalue weighted by molar-refractivity contribution is 0.836. The molecular weight excluding hydrogens is 422 g/mol. The lowest BCUT2D eigenvalue weighted by atomic mass is 10.1. The van der Waals surface area contributed by atoms with Crippen LogP contribution in [0.15, 0.2) is 78.2 Å². The van der Waals surface area contributed by atoms with Crippen LogP contribution in [0, 0.1) is 0 Å². The van der Waals surface area contributed by atoms with Crippen molar-refractivity contribution in [2.24, 2.45) is 10.7 Å². The Kier molecular flexibility index (Phi) is 7.55. The number of nitrogens with one attached hydrogen (secondary N) is 1. The maximum absolute atomic E-state index is 5.90. The topological polar surface area (TPSA) is 102 Å². The third kappa shape index (κ3) is 6.01. The molecule has 0 bridgehead atoms. The first-order chi connectivity index (χ1) is 16.6. The first-order valence-electron chi connectivity index (χ1n) is 11.4. The summed E-state index contributed by atoms with van der Waals surface area (Å²) in [4.78, 5) is 13.8. The molecule has 4 aromatic rings. The normalized spacial score (nSPS) is 12.0. The van der Waals surface area contributed by atoms with Crippen molar-refractivity contribution >= 4 is 34.5 Å². The van der Waals surface area contributed by atoms with Crippen molar-refractivity contribution in [1.82, 2.24) is 20.2 Å². The van der Waals surface area contributed by atoms with Crippen LogP contribution >= 0.6 is 0 Å². The average Bonchev–Trinajstić information content (AvgIpc) is 2.86. The fourth-order valence-electron chi connectivity index (χ4n) is 3.52. The predicted octanol–water partition coefficient (Wildman–Crippen LogP) is 5.29. The number of nitrogens with two attached hydrogens (primary N) is 1. The number of nitrogens with zero attached hydrogens (tertiary/aromatic N) is 5. The minimum Gasteiger partial charge on any atom is -0.404 e. The van der Waals surface area contributed by atoms with Gasteiger partial charge in [0.2, 0.25) is 0 Å². The molecule has 0 radical (unpaired) electrons. The molecule has 0 aliphatic carbocycles. The number of aliphatic imine (C=N–C) groups is 1. The predicted molar refractivity (Wildman–Crippen MR) is 139 cm³/mol.